The zero-order chi connectivity index (χ0) is 19.9. The molecule has 0 amide bonds. The van der Waals surface area contributed by atoms with Crippen LogP contribution in [-0.2, 0) is 6.18 Å². The molecule has 1 unspecified atom stereocenters. The summed E-state index contributed by atoms with van der Waals surface area (Å²) in [5, 5.41) is 14.2. The summed E-state index contributed by atoms with van der Waals surface area (Å²) in [6.45, 7) is 2.08. The summed E-state index contributed by atoms with van der Waals surface area (Å²) in [5.41, 5.74) is -1.75. The summed E-state index contributed by atoms with van der Waals surface area (Å²) in [5.74, 6) is -0.701. The van der Waals surface area contributed by atoms with Crippen molar-refractivity contribution in [1.82, 2.24) is 35.4 Å². The average Bonchev–Trinajstić information content (AvgIpc) is 3.29. The van der Waals surface area contributed by atoms with E-state index in [2.05, 4.69) is 25.8 Å². The van der Waals surface area contributed by atoms with Gasteiger partial charge >= 0.3 is 6.18 Å². The van der Waals surface area contributed by atoms with E-state index in [9.17, 15) is 17.6 Å². The van der Waals surface area contributed by atoms with Gasteiger partial charge in [-0.15, -0.1) is 17.5 Å². The average molecular weight is 434 g/mol. The zero-order valence-electron chi connectivity index (χ0n) is 15.0. The first-order valence-electron chi connectivity index (χ1n) is 8.38. The van der Waals surface area contributed by atoms with E-state index in [1.807, 2.05) is 11.9 Å². The molecule has 0 bridgehead atoms. The monoisotopic (exact) mass is 433 g/mol. The predicted molar refractivity (Wildman–Crippen MR) is 95.1 cm³/mol. The molecule has 0 saturated carbocycles. The Morgan fingerprint density at radius 2 is 1.93 bits per heavy atom. The van der Waals surface area contributed by atoms with E-state index in [0.29, 0.717) is 11.2 Å². The molecule has 2 aromatic heterocycles. The summed E-state index contributed by atoms with van der Waals surface area (Å²) in [4.78, 5) is 6.09. The van der Waals surface area contributed by atoms with E-state index in [4.69, 9.17) is 4.52 Å². The number of piperazine rings is 1. The molecule has 1 aliphatic heterocycles. The number of alkyl halides is 3. The maximum absolute atomic E-state index is 13.7. The number of benzene rings is 1. The van der Waals surface area contributed by atoms with Gasteiger partial charge in [-0.1, -0.05) is 10.4 Å². The molecule has 156 valence electrons. The Balaban J connectivity index is 0.00000240. The Morgan fingerprint density at radius 1 is 1.21 bits per heavy atom. The molecule has 4 rings (SSSR count). The first-order chi connectivity index (χ1) is 13.3. The summed E-state index contributed by atoms with van der Waals surface area (Å²) < 4.78 is 59.9. The highest BCUT2D eigenvalue weighted by atomic mass is 35.5. The van der Waals surface area contributed by atoms with Crippen LogP contribution in [0.2, 0.25) is 0 Å². The molecule has 0 spiro atoms. The van der Waals surface area contributed by atoms with Crippen molar-refractivity contribution in [3.05, 3.63) is 41.6 Å². The minimum atomic E-state index is -4.80. The fourth-order valence-electron chi connectivity index (χ4n) is 3.00. The molecule has 3 aromatic rings. The molecule has 3 heterocycles. The quantitative estimate of drug-likeness (QED) is 0.635. The number of rotatable bonds is 3. The molecule has 1 aliphatic rings. The number of nitrogens with one attached hydrogen (secondary N) is 1. The number of nitrogens with zero attached hydrogens (tertiary/aromatic N) is 6. The van der Waals surface area contributed by atoms with Crippen LogP contribution in [0.4, 0.5) is 17.6 Å². The third kappa shape index (κ3) is 4.09. The summed E-state index contributed by atoms with van der Waals surface area (Å²) in [6.07, 6.45) is -4.80. The fourth-order valence-corrected chi connectivity index (χ4v) is 3.00. The Bertz CT molecular complexity index is 973. The van der Waals surface area contributed by atoms with Gasteiger partial charge in [0, 0.05) is 19.6 Å². The third-order valence-electron chi connectivity index (χ3n) is 4.46. The molecule has 29 heavy (non-hydrogen) atoms. The first-order valence-corrected chi connectivity index (χ1v) is 8.38. The molecule has 1 saturated heterocycles. The lowest BCUT2D eigenvalue weighted by Crippen LogP contribution is -2.44. The highest BCUT2D eigenvalue weighted by molar-refractivity contribution is 5.85. The Morgan fingerprint density at radius 3 is 2.59 bits per heavy atom. The number of aromatic nitrogens is 5. The molecular weight excluding hydrogens is 418 g/mol. The van der Waals surface area contributed by atoms with Crippen LogP contribution in [0.25, 0.3) is 17.3 Å². The van der Waals surface area contributed by atoms with Crippen LogP contribution in [0.5, 0.6) is 0 Å². The third-order valence-corrected chi connectivity index (χ3v) is 4.46. The van der Waals surface area contributed by atoms with Crippen LogP contribution in [0, 0.1) is 5.82 Å². The minimum absolute atomic E-state index is 0. The maximum atomic E-state index is 13.7. The largest absolute Gasteiger partial charge is 0.435 e. The van der Waals surface area contributed by atoms with E-state index in [-0.39, 0.29) is 35.9 Å². The second-order valence-electron chi connectivity index (χ2n) is 6.33. The van der Waals surface area contributed by atoms with Crippen molar-refractivity contribution in [3.8, 4) is 17.3 Å². The topological polar surface area (TPSA) is 84.9 Å². The molecule has 1 fully saturated rings. The number of hydrogen-bond donors (Lipinski definition) is 1. The lowest BCUT2D eigenvalue weighted by Gasteiger charge is -2.30. The van der Waals surface area contributed by atoms with Crippen molar-refractivity contribution in [2.24, 2.45) is 0 Å². The Hall–Kier alpha value is -2.57. The smallest absolute Gasteiger partial charge is 0.332 e. The highest BCUT2D eigenvalue weighted by Gasteiger charge is 2.42. The van der Waals surface area contributed by atoms with Gasteiger partial charge < -0.3 is 9.84 Å². The molecule has 0 radical (unpaired) electrons. The lowest BCUT2D eigenvalue weighted by molar-refractivity contribution is -0.142. The van der Waals surface area contributed by atoms with Gasteiger partial charge in [-0.2, -0.15) is 18.2 Å². The second-order valence-corrected chi connectivity index (χ2v) is 6.33. The summed E-state index contributed by atoms with van der Waals surface area (Å²) >= 11 is 0. The van der Waals surface area contributed by atoms with Gasteiger partial charge in [0.1, 0.15) is 5.82 Å². The number of halogens is 5. The minimum Gasteiger partial charge on any atom is -0.332 e. The molecule has 8 nitrogen and oxygen atoms in total. The van der Waals surface area contributed by atoms with E-state index >= 15 is 0 Å². The Labute approximate surface area is 168 Å². The molecule has 1 aromatic carbocycles. The highest BCUT2D eigenvalue weighted by Crippen LogP contribution is 2.37. The molecule has 1 N–H and O–H groups in total. The number of likely N-dealkylation sites (N-methyl/N-ethyl adjacent to an activating group) is 1. The normalized spacial score (nSPS) is 17.9. The fraction of sp³-hybridized carbons (Fsp3) is 0.375. The van der Waals surface area contributed by atoms with Crippen molar-refractivity contribution in [2.45, 2.75) is 12.2 Å². The second kappa shape index (κ2) is 8.05. The van der Waals surface area contributed by atoms with Gasteiger partial charge in [0.05, 0.1) is 11.7 Å². The van der Waals surface area contributed by atoms with E-state index < -0.39 is 23.4 Å². The van der Waals surface area contributed by atoms with Crippen molar-refractivity contribution in [2.75, 3.05) is 26.7 Å². The zero-order valence-corrected chi connectivity index (χ0v) is 15.8. The lowest BCUT2D eigenvalue weighted by atomic mass is 10.2. The van der Waals surface area contributed by atoms with Gasteiger partial charge in [-0.05, 0) is 31.3 Å². The standard InChI is InChI=1S/C16H15F4N7O.ClH/c1-26-7-6-21-8-11(26)14-22-15(28-24-14)12-13(16(18,19)20)27(25-23-12)10-4-2-9(17)3-5-10;/h2-5,11,21H,6-8H2,1H3;1H. The summed E-state index contributed by atoms with van der Waals surface area (Å²) in [6, 6.07) is 4.18. The Kier molecular flexibility index (Phi) is 5.87. The van der Waals surface area contributed by atoms with Crippen molar-refractivity contribution >= 4 is 12.4 Å². The molecule has 0 aliphatic carbocycles. The van der Waals surface area contributed by atoms with Crippen molar-refractivity contribution in [1.29, 1.82) is 0 Å². The van der Waals surface area contributed by atoms with Crippen LogP contribution in [0.15, 0.2) is 28.8 Å². The van der Waals surface area contributed by atoms with Gasteiger partial charge in [-0.3, -0.25) is 4.90 Å². The van der Waals surface area contributed by atoms with Crippen LogP contribution >= 0.6 is 12.4 Å². The van der Waals surface area contributed by atoms with Crippen LogP contribution in [0.3, 0.4) is 0 Å². The number of hydrogen-bond acceptors (Lipinski definition) is 7. The van der Waals surface area contributed by atoms with Gasteiger partial charge in [0.2, 0.25) is 0 Å². The van der Waals surface area contributed by atoms with Crippen LogP contribution in [-0.4, -0.2) is 56.7 Å². The van der Waals surface area contributed by atoms with Crippen molar-refractivity contribution < 1.29 is 22.1 Å². The van der Waals surface area contributed by atoms with Crippen LogP contribution < -0.4 is 5.32 Å². The molecule has 13 heteroatoms. The molecular formula is C16H16ClF4N7O. The summed E-state index contributed by atoms with van der Waals surface area (Å²) in [7, 11) is 1.87. The van der Waals surface area contributed by atoms with E-state index in [0.717, 1.165) is 25.2 Å². The van der Waals surface area contributed by atoms with Crippen molar-refractivity contribution in [3.63, 3.8) is 0 Å². The SMILES string of the molecule is CN1CCNCC1c1noc(-c2nnn(-c3ccc(F)cc3)c2C(F)(F)F)n1.Cl. The van der Waals surface area contributed by atoms with Gasteiger partial charge in [0.15, 0.2) is 17.2 Å². The van der Waals surface area contributed by atoms with Crippen LogP contribution in [0.1, 0.15) is 17.6 Å². The van der Waals surface area contributed by atoms with E-state index in [1.165, 1.54) is 12.1 Å². The first kappa shape index (κ1) is 21.1. The van der Waals surface area contributed by atoms with E-state index in [1.54, 1.807) is 0 Å². The van der Waals surface area contributed by atoms with Gasteiger partial charge in [-0.25, -0.2) is 9.07 Å². The predicted octanol–water partition coefficient (Wildman–Crippen LogP) is 2.47. The van der Waals surface area contributed by atoms with Gasteiger partial charge in [0.25, 0.3) is 5.89 Å². The molecule has 1 atom stereocenters. The maximum Gasteiger partial charge on any atom is 0.435 e.